The molecule has 0 fully saturated rings. The van der Waals surface area contributed by atoms with Gasteiger partial charge in [0.15, 0.2) is 0 Å². The van der Waals surface area contributed by atoms with Gasteiger partial charge in [0.2, 0.25) is 5.91 Å². The van der Waals surface area contributed by atoms with Crippen LogP contribution in [0.5, 0.6) is 0 Å². The molecule has 0 aliphatic rings. The maximum Gasteiger partial charge on any atom is 0.220 e. The first-order valence-electron chi connectivity index (χ1n) is 19.6. The predicted molar refractivity (Wildman–Crippen MR) is 193 cm³/mol. The first-order valence-corrected chi connectivity index (χ1v) is 19.6. The molecule has 44 heavy (non-hydrogen) atoms. The Morgan fingerprint density at radius 1 is 0.523 bits per heavy atom. The van der Waals surface area contributed by atoms with E-state index in [1.807, 2.05) is 6.08 Å². The quantitative estimate of drug-likeness (QED) is 0.0488. The highest BCUT2D eigenvalue weighted by Gasteiger charge is 2.17. The summed E-state index contributed by atoms with van der Waals surface area (Å²) in [7, 11) is 0. The molecule has 1 amide bonds. The fraction of sp³-hybridized carbons (Fsp3) is 0.875. The first kappa shape index (κ1) is 42.9. The van der Waals surface area contributed by atoms with Crippen molar-refractivity contribution in [2.45, 2.75) is 219 Å². The second-order valence-corrected chi connectivity index (χ2v) is 13.3. The summed E-state index contributed by atoms with van der Waals surface area (Å²) in [6.45, 7) is 4.30. The minimum absolute atomic E-state index is 0.0668. The Bertz CT molecular complexity index is 632. The summed E-state index contributed by atoms with van der Waals surface area (Å²) in [4.78, 5) is 12.3. The van der Waals surface area contributed by atoms with Crippen molar-refractivity contribution in [3.63, 3.8) is 0 Å². The van der Waals surface area contributed by atoms with Crippen LogP contribution in [0.25, 0.3) is 0 Å². The molecule has 0 heterocycles. The van der Waals surface area contributed by atoms with E-state index in [4.69, 9.17) is 0 Å². The van der Waals surface area contributed by atoms with Crippen molar-refractivity contribution in [3.8, 4) is 0 Å². The molecule has 2 atom stereocenters. The molecule has 260 valence electrons. The minimum atomic E-state index is -0.835. The molecular weight excluding hydrogens is 542 g/mol. The third-order valence-electron chi connectivity index (χ3n) is 8.93. The predicted octanol–water partition coefficient (Wildman–Crippen LogP) is 11.7. The Morgan fingerprint density at radius 2 is 0.864 bits per heavy atom. The number of unbranched alkanes of at least 4 members (excludes halogenated alkanes) is 26. The number of carbonyl (C=O) groups is 1. The second kappa shape index (κ2) is 36.3. The standard InChI is InChI=1S/C40H77NO3/c1-3-5-7-9-11-13-15-17-18-19-20-21-22-24-26-28-30-32-34-36-40(44)41-38(37-42)39(43)35-33-31-29-27-25-23-16-14-12-10-8-6-4-2/h17-18,33,35,38-39,42-43H,3-16,19-32,34,36-37H2,1-2H3,(H,41,44)/b18-17-,35-33+. The number of hydrogen-bond acceptors (Lipinski definition) is 3. The number of amides is 1. The van der Waals surface area contributed by atoms with Crippen molar-refractivity contribution in [2.24, 2.45) is 0 Å². The van der Waals surface area contributed by atoms with Gasteiger partial charge in [0.25, 0.3) is 0 Å². The van der Waals surface area contributed by atoms with Gasteiger partial charge in [-0.2, -0.15) is 0 Å². The van der Waals surface area contributed by atoms with Crippen molar-refractivity contribution in [1.82, 2.24) is 5.32 Å². The smallest absolute Gasteiger partial charge is 0.220 e. The molecule has 2 unspecified atom stereocenters. The van der Waals surface area contributed by atoms with Crippen LogP contribution < -0.4 is 5.32 Å². The SMILES string of the molecule is CCCCCCCC/C=C\CCCCCCCCCCCC(=O)NC(CO)C(O)/C=C/CCCCCCCCCCCCC. The summed E-state index contributed by atoms with van der Waals surface area (Å²) in [5, 5.41) is 22.9. The summed E-state index contributed by atoms with van der Waals surface area (Å²) in [6, 6.07) is -0.619. The zero-order valence-electron chi connectivity index (χ0n) is 29.7. The molecule has 0 aliphatic heterocycles. The Morgan fingerprint density at radius 3 is 1.25 bits per heavy atom. The molecule has 0 rings (SSSR count). The lowest BCUT2D eigenvalue weighted by atomic mass is 10.0. The fourth-order valence-electron chi connectivity index (χ4n) is 5.88. The number of hydrogen-bond donors (Lipinski definition) is 3. The maximum atomic E-state index is 12.3. The Hall–Kier alpha value is -1.13. The summed E-state index contributed by atoms with van der Waals surface area (Å²) >= 11 is 0. The van der Waals surface area contributed by atoms with Crippen molar-refractivity contribution in [1.29, 1.82) is 0 Å². The largest absolute Gasteiger partial charge is 0.394 e. The van der Waals surface area contributed by atoms with Crippen LogP contribution in [0.4, 0.5) is 0 Å². The summed E-state index contributed by atoms with van der Waals surface area (Å²) in [6.07, 6.45) is 45.5. The van der Waals surface area contributed by atoms with Gasteiger partial charge in [-0.1, -0.05) is 179 Å². The average Bonchev–Trinajstić information content (AvgIpc) is 3.03. The zero-order valence-corrected chi connectivity index (χ0v) is 29.7. The molecule has 0 aromatic heterocycles. The van der Waals surface area contributed by atoms with Gasteiger partial charge in [0.05, 0.1) is 18.8 Å². The molecule has 0 saturated heterocycles. The highest BCUT2D eigenvalue weighted by molar-refractivity contribution is 5.76. The van der Waals surface area contributed by atoms with E-state index in [0.29, 0.717) is 6.42 Å². The molecule has 0 radical (unpaired) electrons. The van der Waals surface area contributed by atoms with Gasteiger partial charge in [-0.25, -0.2) is 0 Å². The van der Waals surface area contributed by atoms with Gasteiger partial charge in [-0.05, 0) is 44.9 Å². The molecule has 0 saturated carbocycles. The summed E-state index contributed by atoms with van der Waals surface area (Å²) in [5.74, 6) is -0.0668. The lowest BCUT2D eigenvalue weighted by Gasteiger charge is -2.20. The van der Waals surface area contributed by atoms with Gasteiger partial charge in [0.1, 0.15) is 0 Å². The van der Waals surface area contributed by atoms with Crippen LogP contribution in [0.3, 0.4) is 0 Å². The monoisotopic (exact) mass is 620 g/mol. The van der Waals surface area contributed by atoms with Crippen LogP contribution >= 0.6 is 0 Å². The van der Waals surface area contributed by atoms with Crippen molar-refractivity contribution in [3.05, 3.63) is 24.3 Å². The van der Waals surface area contributed by atoms with Gasteiger partial charge in [-0.3, -0.25) is 4.79 Å². The molecular formula is C40H77NO3. The molecule has 3 N–H and O–H groups in total. The van der Waals surface area contributed by atoms with Crippen molar-refractivity contribution >= 4 is 5.91 Å². The molecule has 0 spiro atoms. The van der Waals surface area contributed by atoms with E-state index in [9.17, 15) is 15.0 Å². The first-order chi connectivity index (χ1) is 21.7. The van der Waals surface area contributed by atoms with E-state index < -0.39 is 12.1 Å². The van der Waals surface area contributed by atoms with Crippen LogP contribution in [-0.4, -0.2) is 34.9 Å². The number of rotatable bonds is 35. The average molecular weight is 620 g/mol. The molecule has 0 bridgehead atoms. The summed E-state index contributed by atoms with van der Waals surface area (Å²) < 4.78 is 0. The van der Waals surface area contributed by atoms with Gasteiger partial charge in [0, 0.05) is 6.42 Å². The number of aliphatic hydroxyl groups excluding tert-OH is 2. The lowest BCUT2D eigenvalue weighted by molar-refractivity contribution is -0.123. The molecule has 0 aliphatic carbocycles. The number of carbonyl (C=O) groups excluding carboxylic acids is 1. The van der Waals surface area contributed by atoms with E-state index >= 15 is 0 Å². The second-order valence-electron chi connectivity index (χ2n) is 13.3. The fourth-order valence-corrected chi connectivity index (χ4v) is 5.88. The summed E-state index contributed by atoms with van der Waals surface area (Å²) in [5.41, 5.74) is 0. The van der Waals surface area contributed by atoms with Gasteiger partial charge in [-0.15, -0.1) is 0 Å². The zero-order chi connectivity index (χ0) is 32.2. The van der Waals surface area contributed by atoms with Crippen LogP contribution in [-0.2, 0) is 4.79 Å². The normalized spacial score (nSPS) is 13.3. The van der Waals surface area contributed by atoms with E-state index in [-0.39, 0.29) is 12.5 Å². The van der Waals surface area contributed by atoms with Crippen molar-refractivity contribution in [2.75, 3.05) is 6.61 Å². The van der Waals surface area contributed by atoms with Gasteiger partial charge < -0.3 is 15.5 Å². The number of nitrogens with one attached hydrogen (secondary N) is 1. The molecule has 0 aromatic carbocycles. The topological polar surface area (TPSA) is 69.6 Å². The molecule has 0 aromatic rings. The Labute approximate surface area is 275 Å². The third kappa shape index (κ3) is 32.3. The van der Waals surface area contributed by atoms with Crippen LogP contribution in [0.1, 0.15) is 206 Å². The van der Waals surface area contributed by atoms with Gasteiger partial charge >= 0.3 is 0 Å². The lowest BCUT2D eigenvalue weighted by Crippen LogP contribution is -2.45. The van der Waals surface area contributed by atoms with E-state index in [1.165, 1.54) is 161 Å². The minimum Gasteiger partial charge on any atom is -0.394 e. The van der Waals surface area contributed by atoms with Crippen LogP contribution in [0, 0.1) is 0 Å². The Balaban J connectivity index is 3.58. The van der Waals surface area contributed by atoms with Crippen LogP contribution in [0.15, 0.2) is 24.3 Å². The van der Waals surface area contributed by atoms with E-state index in [0.717, 1.165) is 25.7 Å². The number of allylic oxidation sites excluding steroid dienone is 3. The van der Waals surface area contributed by atoms with E-state index in [1.54, 1.807) is 6.08 Å². The molecule has 4 heteroatoms. The Kier molecular flexibility index (Phi) is 35.4. The van der Waals surface area contributed by atoms with Crippen molar-refractivity contribution < 1.29 is 15.0 Å². The number of aliphatic hydroxyl groups is 2. The van der Waals surface area contributed by atoms with Crippen LogP contribution in [0.2, 0.25) is 0 Å². The highest BCUT2D eigenvalue weighted by Crippen LogP contribution is 2.14. The van der Waals surface area contributed by atoms with E-state index in [2.05, 4.69) is 31.3 Å². The maximum absolute atomic E-state index is 12.3. The third-order valence-corrected chi connectivity index (χ3v) is 8.93. The molecule has 4 nitrogen and oxygen atoms in total. The highest BCUT2D eigenvalue weighted by atomic mass is 16.3.